The van der Waals surface area contributed by atoms with Gasteiger partial charge in [-0.15, -0.1) is 0 Å². The molecule has 0 fully saturated rings. The Hall–Kier alpha value is -2.35. The highest BCUT2D eigenvalue weighted by atomic mass is 15.0. The number of hydrogen-bond donors (Lipinski definition) is 1. The average molecular weight is 290 g/mol. The van der Waals surface area contributed by atoms with E-state index in [0.29, 0.717) is 5.92 Å². The van der Waals surface area contributed by atoms with E-state index in [1.807, 2.05) is 6.07 Å². The molecular formula is C20H22N2. The lowest BCUT2D eigenvalue weighted by Crippen LogP contribution is -1.96. The Morgan fingerprint density at radius 1 is 1.05 bits per heavy atom. The topological polar surface area (TPSA) is 24.9 Å². The minimum Gasteiger partial charge on any atom is -0.340 e. The molecule has 0 amide bonds. The second-order valence-corrected chi connectivity index (χ2v) is 5.90. The first kappa shape index (κ1) is 14.6. The van der Waals surface area contributed by atoms with Crippen molar-refractivity contribution in [1.29, 1.82) is 0 Å². The van der Waals surface area contributed by atoms with Gasteiger partial charge in [-0.3, -0.25) is 0 Å². The van der Waals surface area contributed by atoms with E-state index in [2.05, 4.69) is 74.6 Å². The van der Waals surface area contributed by atoms with Crippen LogP contribution in [0.5, 0.6) is 0 Å². The van der Waals surface area contributed by atoms with Crippen molar-refractivity contribution in [2.24, 2.45) is 0 Å². The van der Waals surface area contributed by atoms with Crippen LogP contribution in [0.15, 0.2) is 54.6 Å². The molecule has 22 heavy (non-hydrogen) atoms. The van der Waals surface area contributed by atoms with Gasteiger partial charge in [-0.25, -0.2) is 4.98 Å². The van der Waals surface area contributed by atoms with E-state index < -0.39 is 0 Å². The predicted molar refractivity (Wildman–Crippen MR) is 94.9 cm³/mol. The SMILES string of the molecule is CCC(C)c1ccc(Nc2cc(C)c3ccccc3n2)cc1. The third-order valence-electron chi connectivity index (χ3n) is 4.29. The van der Waals surface area contributed by atoms with Gasteiger partial charge in [-0.1, -0.05) is 44.2 Å². The molecule has 1 atom stereocenters. The van der Waals surface area contributed by atoms with Crippen molar-refractivity contribution in [1.82, 2.24) is 4.98 Å². The number of aromatic nitrogens is 1. The van der Waals surface area contributed by atoms with Gasteiger partial charge in [0.25, 0.3) is 0 Å². The molecule has 1 heterocycles. The normalized spacial score (nSPS) is 12.3. The lowest BCUT2D eigenvalue weighted by molar-refractivity contribution is 0.734. The van der Waals surface area contributed by atoms with Crippen LogP contribution in [0.3, 0.4) is 0 Å². The summed E-state index contributed by atoms with van der Waals surface area (Å²) >= 11 is 0. The zero-order valence-electron chi connectivity index (χ0n) is 13.4. The second-order valence-electron chi connectivity index (χ2n) is 5.90. The first-order valence-electron chi connectivity index (χ1n) is 7.90. The number of benzene rings is 2. The minimum atomic E-state index is 0.607. The van der Waals surface area contributed by atoms with Gasteiger partial charge in [0.2, 0.25) is 0 Å². The number of aryl methyl sites for hydroxylation is 1. The molecule has 0 aliphatic heterocycles. The van der Waals surface area contributed by atoms with Crippen LogP contribution in [-0.4, -0.2) is 4.98 Å². The molecule has 0 saturated heterocycles. The Kier molecular flexibility index (Phi) is 4.10. The van der Waals surface area contributed by atoms with Crippen LogP contribution < -0.4 is 5.32 Å². The molecule has 0 spiro atoms. The molecule has 3 aromatic rings. The maximum absolute atomic E-state index is 4.69. The molecule has 1 N–H and O–H groups in total. The zero-order chi connectivity index (χ0) is 15.5. The molecule has 0 aliphatic carbocycles. The summed E-state index contributed by atoms with van der Waals surface area (Å²) in [5.41, 5.74) is 4.73. The summed E-state index contributed by atoms with van der Waals surface area (Å²) in [5.74, 6) is 1.50. The molecular weight excluding hydrogens is 268 g/mol. The van der Waals surface area contributed by atoms with Crippen LogP contribution in [0.2, 0.25) is 0 Å². The molecule has 0 bridgehead atoms. The van der Waals surface area contributed by atoms with Gasteiger partial charge >= 0.3 is 0 Å². The molecule has 1 aromatic heterocycles. The number of para-hydroxylation sites is 1. The second kappa shape index (κ2) is 6.18. The number of rotatable bonds is 4. The monoisotopic (exact) mass is 290 g/mol. The number of fused-ring (bicyclic) bond motifs is 1. The summed E-state index contributed by atoms with van der Waals surface area (Å²) in [6.07, 6.45) is 1.16. The molecule has 112 valence electrons. The number of pyridine rings is 1. The van der Waals surface area contributed by atoms with Crippen LogP contribution in [-0.2, 0) is 0 Å². The Balaban J connectivity index is 1.86. The molecule has 2 heteroatoms. The first-order chi connectivity index (χ1) is 10.7. The third-order valence-corrected chi connectivity index (χ3v) is 4.29. The van der Waals surface area contributed by atoms with E-state index in [1.54, 1.807) is 0 Å². The smallest absolute Gasteiger partial charge is 0.131 e. The number of nitrogens with one attached hydrogen (secondary N) is 1. The van der Waals surface area contributed by atoms with E-state index in [4.69, 9.17) is 4.98 Å². The highest BCUT2D eigenvalue weighted by molar-refractivity contribution is 5.84. The fourth-order valence-electron chi connectivity index (χ4n) is 2.69. The van der Waals surface area contributed by atoms with Gasteiger partial charge in [0.1, 0.15) is 5.82 Å². The first-order valence-corrected chi connectivity index (χ1v) is 7.90. The summed E-state index contributed by atoms with van der Waals surface area (Å²) in [7, 11) is 0. The summed E-state index contributed by atoms with van der Waals surface area (Å²) in [5, 5.41) is 4.62. The molecule has 2 aromatic carbocycles. The number of hydrogen-bond acceptors (Lipinski definition) is 2. The summed E-state index contributed by atoms with van der Waals surface area (Å²) in [6.45, 7) is 6.61. The van der Waals surface area contributed by atoms with Crippen LogP contribution in [0.4, 0.5) is 11.5 Å². The van der Waals surface area contributed by atoms with Crippen LogP contribution in [0, 0.1) is 6.92 Å². The van der Waals surface area contributed by atoms with Crippen molar-refractivity contribution >= 4 is 22.4 Å². The fourth-order valence-corrected chi connectivity index (χ4v) is 2.69. The van der Waals surface area contributed by atoms with E-state index in [-0.39, 0.29) is 0 Å². The van der Waals surface area contributed by atoms with Crippen molar-refractivity contribution < 1.29 is 0 Å². The maximum atomic E-state index is 4.69. The van der Waals surface area contributed by atoms with Crippen molar-refractivity contribution in [2.75, 3.05) is 5.32 Å². The number of nitrogens with zero attached hydrogens (tertiary/aromatic N) is 1. The number of anilines is 2. The lowest BCUT2D eigenvalue weighted by atomic mass is 9.99. The van der Waals surface area contributed by atoms with Gasteiger partial charge < -0.3 is 5.32 Å². The van der Waals surface area contributed by atoms with Gasteiger partial charge in [0.05, 0.1) is 5.52 Å². The fraction of sp³-hybridized carbons (Fsp3) is 0.250. The maximum Gasteiger partial charge on any atom is 0.131 e. The zero-order valence-corrected chi connectivity index (χ0v) is 13.4. The molecule has 3 rings (SSSR count). The highest BCUT2D eigenvalue weighted by Gasteiger charge is 2.05. The highest BCUT2D eigenvalue weighted by Crippen LogP contribution is 2.24. The third kappa shape index (κ3) is 2.96. The molecule has 0 radical (unpaired) electrons. The van der Waals surface area contributed by atoms with E-state index in [0.717, 1.165) is 23.4 Å². The van der Waals surface area contributed by atoms with E-state index >= 15 is 0 Å². The molecule has 1 unspecified atom stereocenters. The van der Waals surface area contributed by atoms with Crippen molar-refractivity contribution in [3.8, 4) is 0 Å². The predicted octanol–water partition coefficient (Wildman–Crippen LogP) is 5.80. The Labute approximate surface area is 132 Å². The van der Waals surface area contributed by atoms with E-state index in [1.165, 1.54) is 16.5 Å². The van der Waals surface area contributed by atoms with Crippen LogP contribution in [0.25, 0.3) is 10.9 Å². The van der Waals surface area contributed by atoms with Gasteiger partial charge in [0, 0.05) is 11.1 Å². The quantitative estimate of drug-likeness (QED) is 0.656. The molecule has 0 saturated carbocycles. The average Bonchev–Trinajstić information content (AvgIpc) is 2.55. The lowest BCUT2D eigenvalue weighted by Gasteiger charge is -2.12. The Morgan fingerprint density at radius 3 is 2.50 bits per heavy atom. The standard InChI is InChI=1S/C20H22N2/c1-4-14(2)16-9-11-17(12-10-16)21-20-13-15(3)18-7-5-6-8-19(18)22-20/h5-14H,4H2,1-3H3,(H,21,22). The minimum absolute atomic E-state index is 0.607. The van der Waals surface area contributed by atoms with Gasteiger partial charge in [-0.2, -0.15) is 0 Å². The molecule has 2 nitrogen and oxygen atoms in total. The summed E-state index contributed by atoms with van der Waals surface area (Å²) in [6, 6.07) is 19.0. The van der Waals surface area contributed by atoms with Crippen LogP contribution >= 0.6 is 0 Å². The van der Waals surface area contributed by atoms with Crippen molar-refractivity contribution in [2.45, 2.75) is 33.1 Å². The van der Waals surface area contributed by atoms with Crippen LogP contribution in [0.1, 0.15) is 37.3 Å². The summed E-state index contributed by atoms with van der Waals surface area (Å²) < 4.78 is 0. The van der Waals surface area contributed by atoms with Crippen molar-refractivity contribution in [3.05, 3.63) is 65.7 Å². The van der Waals surface area contributed by atoms with Gasteiger partial charge in [0.15, 0.2) is 0 Å². The summed E-state index contributed by atoms with van der Waals surface area (Å²) in [4.78, 5) is 4.69. The largest absolute Gasteiger partial charge is 0.340 e. The van der Waals surface area contributed by atoms with Crippen molar-refractivity contribution in [3.63, 3.8) is 0 Å². The molecule has 0 aliphatic rings. The Morgan fingerprint density at radius 2 is 1.77 bits per heavy atom. The van der Waals surface area contributed by atoms with E-state index in [9.17, 15) is 0 Å². The van der Waals surface area contributed by atoms with Gasteiger partial charge in [-0.05, 0) is 54.7 Å². The Bertz CT molecular complexity index is 775.